The Labute approximate surface area is 124 Å². The van der Waals surface area contributed by atoms with Crippen molar-refractivity contribution in [1.29, 1.82) is 0 Å². The van der Waals surface area contributed by atoms with E-state index >= 15 is 0 Å². The van der Waals surface area contributed by atoms with Gasteiger partial charge in [-0.15, -0.1) is 0 Å². The standard InChI is InChI=1S/C15H14BrF2NO/c1-10-2-7-13(16)14(8-10)19-9-11-3-5-12(6-4-11)20-15(17)18/h2-8,15,19H,9H2,1H3. The van der Waals surface area contributed by atoms with Crippen molar-refractivity contribution in [3.05, 3.63) is 58.1 Å². The summed E-state index contributed by atoms with van der Waals surface area (Å²) in [5.74, 6) is 0.167. The average Bonchev–Trinajstić information content (AvgIpc) is 2.41. The molecule has 0 fully saturated rings. The van der Waals surface area contributed by atoms with Gasteiger partial charge in [-0.25, -0.2) is 0 Å². The van der Waals surface area contributed by atoms with Crippen LogP contribution in [-0.2, 0) is 6.54 Å². The van der Waals surface area contributed by atoms with Crippen LogP contribution in [0.2, 0.25) is 0 Å². The predicted octanol–water partition coefficient (Wildman–Crippen LogP) is 4.97. The number of halogens is 3. The quantitative estimate of drug-likeness (QED) is 0.828. The van der Waals surface area contributed by atoms with Crippen LogP contribution in [-0.4, -0.2) is 6.61 Å². The fourth-order valence-corrected chi connectivity index (χ4v) is 2.15. The number of aryl methyl sites for hydroxylation is 1. The first kappa shape index (κ1) is 14.8. The summed E-state index contributed by atoms with van der Waals surface area (Å²) in [6.45, 7) is -0.160. The summed E-state index contributed by atoms with van der Waals surface area (Å²) in [5, 5.41) is 3.29. The molecule has 0 bridgehead atoms. The van der Waals surface area contributed by atoms with Crippen LogP contribution in [0.5, 0.6) is 5.75 Å². The van der Waals surface area contributed by atoms with Gasteiger partial charge in [-0.05, 0) is 58.2 Å². The molecule has 106 valence electrons. The molecule has 0 heterocycles. The van der Waals surface area contributed by atoms with Gasteiger partial charge in [0.1, 0.15) is 5.75 Å². The van der Waals surface area contributed by atoms with Crippen LogP contribution in [0.1, 0.15) is 11.1 Å². The van der Waals surface area contributed by atoms with Crippen molar-refractivity contribution in [3.8, 4) is 5.75 Å². The number of rotatable bonds is 5. The largest absolute Gasteiger partial charge is 0.435 e. The van der Waals surface area contributed by atoms with Crippen LogP contribution in [0.3, 0.4) is 0 Å². The number of anilines is 1. The SMILES string of the molecule is Cc1ccc(Br)c(NCc2ccc(OC(F)F)cc2)c1. The van der Waals surface area contributed by atoms with Gasteiger partial charge in [-0.1, -0.05) is 18.2 Å². The first-order chi connectivity index (χ1) is 9.54. The lowest BCUT2D eigenvalue weighted by Gasteiger charge is -2.10. The van der Waals surface area contributed by atoms with Crippen molar-refractivity contribution in [1.82, 2.24) is 0 Å². The van der Waals surface area contributed by atoms with Crippen LogP contribution in [0, 0.1) is 6.92 Å². The zero-order chi connectivity index (χ0) is 14.5. The van der Waals surface area contributed by atoms with E-state index in [1.54, 1.807) is 12.1 Å². The zero-order valence-electron chi connectivity index (χ0n) is 10.9. The Kier molecular flexibility index (Phi) is 4.95. The van der Waals surface area contributed by atoms with E-state index in [4.69, 9.17) is 0 Å². The van der Waals surface area contributed by atoms with Crippen LogP contribution < -0.4 is 10.1 Å². The molecule has 0 saturated heterocycles. The molecule has 0 radical (unpaired) electrons. The molecule has 1 N–H and O–H groups in total. The van der Waals surface area contributed by atoms with E-state index in [2.05, 4.69) is 26.0 Å². The Morgan fingerprint density at radius 2 is 1.85 bits per heavy atom. The van der Waals surface area contributed by atoms with E-state index in [0.717, 1.165) is 21.3 Å². The van der Waals surface area contributed by atoms with Crippen molar-refractivity contribution in [3.63, 3.8) is 0 Å². The lowest BCUT2D eigenvalue weighted by atomic mass is 10.2. The third kappa shape index (κ3) is 4.20. The molecule has 0 aromatic heterocycles. The highest BCUT2D eigenvalue weighted by molar-refractivity contribution is 9.10. The third-order valence-corrected chi connectivity index (χ3v) is 3.44. The number of hydrogen-bond acceptors (Lipinski definition) is 2. The van der Waals surface area contributed by atoms with Gasteiger partial charge in [0.05, 0.1) is 0 Å². The second-order valence-corrected chi connectivity index (χ2v) is 5.21. The van der Waals surface area contributed by atoms with E-state index in [1.807, 2.05) is 25.1 Å². The maximum Gasteiger partial charge on any atom is 0.387 e. The number of nitrogens with one attached hydrogen (secondary N) is 1. The van der Waals surface area contributed by atoms with Crippen LogP contribution in [0.15, 0.2) is 46.9 Å². The summed E-state index contributed by atoms with van der Waals surface area (Å²) in [6, 6.07) is 12.6. The Balaban J connectivity index is 1.98. The van der Waals surface area contributed by atoms with Crippen LogP contribution >= 0.6 is 15.9 Å². The molecule has 0 spiro atoms. The Bertz CT molecular complexity index is 573. The van der Waals surface area contributed by atoms with E-state index in [1.165, 1.54) is 12.1 Å². The zero-order valence-corrected chi connectivity index (χ0v) is 12.5. The van der Waals surface area contributed by atoms with E-state index in [0.29, 0.717) is 6.54 Å². The van der Waals surface area contributed by atoms with Gasteiger partial charge in [-0.3, -0.25) is 0 Å². The Morgan fingerprint density at radius 3 is 2.50 bits per heavy atom. The number of ether oxygens (including phenoxy) is 1. The minimum absolute atomic E-state index is 0.167. The molecule has 0 unspecified atom stereocenters. The van der Waals surface area contributed by atoms with Gasteiger partial charge >= 0.3 is 6.61 Å². The van der Waals surface area contributed by atoms with Gasteiger partial charge in [-0.2, -0.15) is 8.78 Å². The van der Waals surface area contributed by atoms with Crippen molar-refractivity contribution in [2.24, 2.45) is 0 Å². The minimum atomic E-state index is -2.79. The maximum absolute atomic E-state index is 12.0. The molecule has 2 aromatic carbocycles. The molecule has 20 heavy (non-hydrogen) atoms. The second-order valence-electron chi connectivity index (χ2n) is 4.36. The number of benzene rings is 2. The highest BCUT2D eigenvalue weighted by Crippen LogP contribution is 2.24. The lowest BCUT2D eigenvalue weighted by molar-refractivity contribution is -0.0498. The van der Waals surface area contributed by atoms with Gasteiger partial charge < -0.3 is 10.1 Å². The summed E-state index contributed by atoms with van der Waals surface area (Å²) in [7, 11) is 0. The Morgan fingerprint density at radius 1 is 1.15 bits per heavy atom. The maximum atomic E-state index is 12.0. The monoisotopic (exact) mass is 341 g/mol. The number of hydrogen-bond donors (Lipinski definition) is 1. The van der Waals surface area contributed by atoms with Gasteiger partial charge in [0.25, 0.3) is 0 Å². The second kappa shape index (κ2) is 6.70. The molecule has 0 amide bonds. The Hall–Kier alpha value is -1.62. The molecule has 0 aliphatic heterocycles. The van der Waals surface area contributed by atoms with Gasteiger partial charge in [0.15, 0.2) is 0 Å². The molecule has 2 rings (SSSR count). The molecule has 0 aliphatic carbocycles. The number of alkyl halides is 2. The molecule has 2 aromatic rings. The summed E-state index contributed by atoms with van der Waals surface area (Å²) in [6.07, 6.45) is 0. The molecule has 2 nitrogen and oxygen atoms in total. The molecule has 0 atom stereocenters. The fraction of sp³-hybridized carbons (Fsp3) is 0.200. The van der Waals surface area contributed by atoms with Crippen molar-refractivity contribution in [2.45, 2.75) is 20.1 Å². The van der Waals surface area contributed by atoms with Crippen LogP contribution in [0.4, 0.5) is 14.5 Å². The fourth-order valence-electron chi connectivity index (χ4n) is 1.76. The molecule has 0 saturated carbocycles. The first-order valence-corrected chi connectivity index (χ1v) is 6.87. The topological polar surface area (TPSA) is 21.3 Å². The van der Waals surface area contributed by atoms with E-state index < -0.39 is 6.61 Å². The molecule has 5 heteroatoms. The molecular weight excluding hydrogens is 328 g/mol. The average molecular weight is 342 g/mol. The van der Waals surface area contributed by atoms with Crippen molar-refractivity contribution >= 4 is 21.6 Å². The van der Waals surface area contributed by atoms with Crippen molar-refractivity contribution in [2.75, 3.05) is 5.32 Å². The normalized spacial score (nSPS) is 10.7. The van der Waals surface area contributed by atoms with Gasteiger partial charge in [0.2, 0.25) is 0 Å². The third-order valence-electron chi connectivity index (χ3n) is 2.75. The van der Waals surface area contributed by atoms with Gasteiger partial charge in [0, 0.05) is 16.7 Å². The lowest BCUT2D eigenvalue weighted by Crippen LogP contribution is -2.03. The summed E-state index contributed by atoms with van der Waals surface area (Å²) >= 11 is 3.48. The van der Waals surface area contributed by atoms with E-state index in [9.17, 15) is 8.78 Å². The molecule has 0 aliphatic rings. The van der Waals surface area contributed by atoms with Crippen LogP contribution in [0.25, 0.3) is 0 Å². The summed E-state index contributed by atoms with van der Waals surface area (Å²) in [4.78, 5) is 0. The highest BCUT2D eigenvalue weighted by atomic mass is 79.9. The first-order valence-electron chi connectivity index (χ1n) is 6.08. The summed E-state index contributed by atoms with van der Waals surface area (Å²) in [5.41, 5.74) is 3.15. The minimum Gasteiger partial charge on any atom is -0.435 e. The highest BCUT2D eigenvalue weighted by Gasteiger charge is 2.04. The van der Waals surface area contributed by atoms with E-state index in [-0.39, 0.29) is 5.75 Å². The van der Waals surface area contributed by atoms with Crippen molar-refractivity contribution < 1.29 is 13.5 Å². The predicted molar refractivity (Wildman–Crippen MR) is 79.3 cm³/mol. The smallest absolute Gasteiger partial charge is 0.387 e. The summed E-state index contributed by atoms with van der Waals surface area (Å²) < 4.78 is 29.4. The molecular formula is C15H14BrF2NO.